The van der Waals surface area contributed by atoms with Gasteiger partial charge in [0.05, 0.1) is 18.6 Å². The summed E-state index contributed by atoms with van der Waals surface area (Å²) in [6.07, 6.45) is 3.35. The quantitative estimate of drug-likeness (QED) is 0.806. The highest BCUT2D eigenvalue weighted by Crippen LogP contribution is 2.17. The van der Waals surface area contributed by atoms with Crippen molar-refractivity contribution in [3.63, 3.8) is 0 Å². The van der Waals surface area contributed by atoms with Gasteiger partial charge in [0.2, 0.25) is 0 Å². The van der Waals surface area contributed by atoms with Crippen LogP contribution in [-0.4, -0.2) is 45.2 Å². The number of nitrogens with two attached hydrogens (primary N) is 1. The summed E-state index contributed by atoms with van der Waals surface area (Å²) in [6.45, 7) is 0.671. The van der Waals surface area contributed by atoms with E-state index >= 15 is 0 Å². The summed E-state index contributed by atoms with van der Waals surface area (Å²) in [5.41, 5.74) is 6.73. The Hall–Kier alpha value is -1.73. The van der Waals surface area contributed by atoms with Crippen molar-refractivity contribution < 1.29 is 4.52 Å². The summed E-state index contributed by atoms with van der Waals surface area (Å²) >= 11 is 0. The second kappa shape index (κ2) is 4.64. The number of rotatable bonds is 4. The highest BCUT2D eigenvalue weighted by molar-refractivity contribution is 5.45. The summed E-state index contributed by atoms with van der Waals surface area (Å²) in [7, 11) is 5.76. The first-order chi connectivity index (χ1) is 8.08. The summed E-state index contributed by atoms with van der Waals surface area (Å²) in [6, 6.07) is -0.254. The Labute approximate surface area is 99.2 Å². The molecule has 0 aromatic carbocycles. The van der Waals surface area contributed by atoms with E-state index in [9.17, 15) is 0 Å². The van der Waals surface area contributed by atoms with Gasteiger partial charge in [0.25, 0.3) is 5.89 Å². The molecule has 0 aliphatic rings. The molecule has 0 fully saturated rings. The number of hydrogen-bond acceptors (Lipinski definition) is 6. The molecular weight excluding hydrogens is 220 g/mol. The van der Waals surface area contributed by atoms with Crippen molar-refractivity contribution >= 4 is 0 Å². The monoisotopic (exact) mass is 236 g/mol. The van der Waals surface area contributed by atoms with Gasteiger partial charge < -0.3 is 19.7 Å². The zero-order chi connectivity index (χ0) is 12.4. The molecular formula is C10H16N6O. The van der Waals surface area contributed by atoms with Gasteiger partial charge in [-0.05, 0) is 14.1 Å². The lowest BCUT2D eigenvalue weighted by atomic mass is 10.3. The van der Waals surface area contributed by atoms with Gasteiger partial charge in [0.15, 0.2) is 5.82 Å². The third-order valence-corrected chi connectivity index (χ3v) is 2.37. The Bertz CT molecular complexity index is 488. The minimum atomic E-state index is -0.254. The fraction of sp³-hybridized carbons (Fsp3) is 0.500. The molecule has 0 amide bonds. The Morgan fingerprint density at radius 1 is 1.53 bits per heavy atom. The van der Waals surface area contributed by atoms with Crippen molar-refractivity contribution in [2.45, 2.75) is 6.04 Å². The molecule has 0 aliphatic carbocycles. The van der Waals surface area contributed by atoms with Crippen LogP contribution >= 0.6 is 0 Å². The third kappa shape index (κ3) is 2.51. The lowest BCUT2D eigenvalue weighted by Crippen LogP contribution is -2.26. The molecule has 7 nitrogen and oxygen atoms in total. The zero-order valence-electron chi connectivity index (χ0n) is 10.2. The summed E-state index contributed by atoms with van der Waals surface area (Å²) in [5.74, 6) is 0.948. The van der Waals surface area contributed by atoms with Crippen molar-refractivity contribution in [3.8, 4) is 11.6 Å². The second-order valence-corrected chi connectivity index (χ2v) is 4.22. The zero-order valence-corrected chi connectivity index (χ0v) is 10.2. The van der Waals surface area contributed by atoms with Crippen LogP contribution < -0.4 is 5.73 Å². The largest absolute Gasteiger partial charge is 0.332 e. The van der Waals surface area contributed by atoms with E-state index in [0.717, 1.165) is 5.69 Å². The van der Waals surface area contributed by atoms with Crippen molar-refractivity contribution in [1.29, 1.82) is 0 Å². The number of nitrogens with zero attached hydrogens (tertiary/aromatic N) is 5. The van der Waals surface area contributed by atoms with Gasteiger partial charge in [-0.25, -0.2) is 4.98 Å². The molecule has 0 saturated carbocycles. The lowest BCUT2D eigenvalue weighted by molar-refractivity contribution is 0.357. The van der Waals surface area contributed by atoms with E-state index in [4.69, 9.17) is 10.3 Å². The van der Waals surface area contributed by atoms with Gasteiger partial charge in [-0.3, -0.25) is 0 Å². The molecule has 0 radical (unpaired) electrons. The first kappa shape index (κ1) is 11.7. The standard InChI is InChI=1S/C10H16N6O/c1-15(2)5-7(11)9-13-10(17-14-9)8-4-12-6-16(8)3/h4,6-7H,5,11H2,1-3H3. The molecule has 2 heterocycles. The first-order valence-electron chi connectivity index (χ1n) is 5.28. The van der Waals surface area contributed by atoms with Crippen LogP contribution in [0, 0.1) is 0 Å². The summed E-state index contributed by atoms with van der Waals surface area (Å²) in [5, 5.41) is 3.89. The van der Waals surface area contributed by atoms with Crippen LogP contribution in [0.25, 0.3) is 11.6 Å². The normalized spacial score (nSPS) is 13.2. The molecule has 2 N–H and O–H groups in total. The predicted octanol–water partition coefficient (Wildman–Crippen LogP) is 0.0315. The van der Waals surface area contributed by atoms with Gasteiger partial charge in [0, 0.05) is 13.6 Å². The SMILES string of the molecule is CN(C)CC(N)c1noc(-c2cncn2C)n1. The number of hydrogen-bond donors (Lipinski definition) is 1. The topological polar surface area (TPSA) is 86.0 Å². The van der Waals surface area contributed by atoms with E-state index in [1.807, 2.05) is 30.6 Å². The van der Waals surface area contributed by atoms with Crippen LogP contribution in [-0.2, 0) is 7.05 Å². The highest BCUT2D eigenvalue weighted by atomic mass is 16.5. The maximum atomic E-state index is 5.95. The Balaban J connectivity index is 2.19. The van der Waals surface area contributed by atoms with Crippen molar-refractivity contribution in [1.82, 2.24) is 24.6 Å². The van der Waals surface area contributed by atoms with Crippen LogP contribution in [0.2, 0.25) is 0 Å². The molecule has 0 aliphatic heterocycles. The average molecular weight is 236 g/mol. The van der Waals surface area contributed by atoms with E-state index in [2.05, 4.69) is 15.1 Å². The third-order valence-electron chi connectivity index (χ3n) is 2.37. The van der Waals surface area contributed by atoms with Crippen molar-refractivity contribution in [2.75, 3.05) is 20.6 Å². The second-order valence-electron chi connectivity index (χ2n) is 4.22. The van der Waals surface area contributed by atoms with Crippen LogP contribution in [0.15, 0.2) is 17.0 Å². The fourth-order valence-corrected chi connectivity index (χ4v) is 1.53. The molecule has 2 aromatic rings. The molecule has 7 heteroatoms. The van der Waals surface area contributed by atoms with E-state index in [-0.39, 0.29) is 6.04 Å². The number of aromatic nitrogens is 4. The van der Waals surface area contributed by atoms with E-state index in [0.29, 0.717) is 18.3 Å². The highest BCUT2D eigenvalue weighted by Gasteiger charge is 2.17. The Morgan fingerprint density at radius 2 is 2.29 bits per heavy atom. The number of imidazole rings is 1. The maximum absolute atomic E-state index is 5.95. The van der Waals surface area contributed by atoms with Crippen LogP contribution in [0.5, 0.6) is 0 Å². The lowest BCUT2D eigenvalue weighted by Gasteiger charge is -2.12. The minimum Gasteiger partial charge on any atom is -0.332 e. The van der Waals surface area contributed by atoms with E-state index in [1.54, 1.807) is 12.5 Å². The number of aryl methyl sites for hydroxylation is 1. The Morgan fingerprint density at radius 3 is 2.88 bits per heavy atom. The first-order valence-corrected chi connectivity index (χ1v) is 5.28. The molecule has 17 heavy (non-hydrogen) atoms. The Kier molecular flexibility index (Phi) is 3.21. The molecule has 0 saturated heterocycles. The van der Waals surface area contributed by atoms with Crippen LogP contribution in [0.3, 0.4) is 0 Å². The van der Waals surface area contributed by atoms with Gasteiger partial charge in [-0.2, -0.15) is 4.98 Å². The van der Waals surface area contributed by atoms with E-state index in [1.165, 1.54) is 0 Å². The summed E-state index contributed by atoms with van der Waals surface area (Å²) in [4.78, 5) is 10.2. The van der Waals surface area contributed by atoms with Crippen LogP contribution in [0.1, 0.15) is 11.9 Å². The minimum absolute atomic E-state index is 0.254. The molecule has 1 atom stereocenters. The fourth-order valence-electron chi connectivity index (χ4n) is 1.53. The maximum Gasteiger partial charge on any atom is 0.276 e. The molecule has 2 rings (SSSR count). The van der Waals surface area contributed by atoms with Gasteiger partial charge >= 0.3 is 0 Å². The van der Waals surface area contributed by atoms with Crippen molar-refractivity contribution in [2.24, 2.45) is 12.8 Å². The average Bonchev–Trinajstić information content (AvgIpc) is 2.84. The van der Waals surface area contributed by atoms with Gasteiger partial charge in [-0.15, -0.1) is 0 Å². The molecule has 0 spiro atoms. The predicted molar refractivity (Wildman–Crippen MR) is 62.0 cm³/mol. The smallest absolute Gasteiger partial charge is 0.276 e. The molecule has 1 unspecified atom stereocenters. The molecule has 92 valence electrons. The molecule has 2 aromatic heterocycles. The van der Waals surface area contributed by atoms with Crippen molar-refractivity contribution in [3.05, 3.63) is 18.3 Å². The molecule has 0 bridgehead atoms. The number of likely N-dealkylation sites (N-methyl/N-ethyl adjacent to an activating group) is 1. The van der Waals surface area contributed by atoms with E-state index < -0.39 is 0 Å². The van der Waals surface area contributed by atoms with Gasteiger partial charge in [0.1, 0.15) is 5.69 Å². The van der Waals surface area contributed by atoms with Gasteiger partial charge in [-0.1, -0.05) is 5.16 Å². The van der Waals surface area contributed by atoms with Crippen LogP contribution in [0.4, 0.5) is 0 Å². The summed E-state index contributed by atoms with van der Waals surface area (Å²) < 4.78 is 6.99.